The lowest BCUT2D eigenvalue weighted by Crippen LogP contribution is -2.14. The summed E-state index contributed by atoms with van der Waals surface area (Å²) in [7, 11) is -3.84. The smallest absolute Gasteiger partial charge is 0.264 e. The first kappa shape index (κ1) is 14.0. The molecule has 0 saturated carbocycles. The second kappa shape index (κ2) is 5.28. The third-order valence-corrected chi connectivity index (χ3v) is 4.69. The minimum atomic E-state index is -3.84. The summed E-state index contributed by atoms with van der Waals surface area (Å²) < 4.78 is 26.8. The molecule has 0 bridgehead atoms. The second-order valence-electron chi connectivity index (χ2n) is 3.78. The van der Waals surface area contributed by atoms with Crippen molar-refractivity contribution in [1.29, 1.82) is 0 Å². The van der Waals surface area contributed by atoms with Gasteiger partial charge in [-0.15, -0.1) is 0 Å². The average molecular weight is 317 g/mol. The van der Waals surface area contributed by atoms with Crippen LogP contribution in [0.1, 0.15) is 0 Å². The minimum Gasteiger partial charge on any atom is -0.399 e. The molecule has 7 heteroatoms. The van der Waals surface area contributed by atoms with Gasteiger partial charge in [0, 0.05) is 11.4 Å². The third kappa shape index (κ3) is 3.12. The molecule has 100 valence electrons. The molecular weight excluding hydrogens is 307 g/mol. The molecule has 0 spiro atoms. The molecule has 0 aromatic heterocycles. The Hall–Kier alpha value is -1.43. The van der Waals surface area contributed by atoms with Crippen molar-refractivity contribution in [2.24, 2.45) is 0 Å². The summed E-state index contributed by atoms with van der Waals surface area (Å²) in [6, 6.07) is 10.8. The number of rotatable bonds is 3. The van der Waals surface area contributed by atoms with Gasteiger partial charge < -0.3 is 5.73 Å². The van der Waals surface area contributed by atoms with Crippen molar-refractivity contribution >= 4 is 44.6 Å². The minimum absolute atomic E-state index is 0.0652. The number of nitrogens with one attached hydrogen (secondary N) is 1. The fraction of sp³-hybridized carbons (Fsp3) is 0. The summed E-state index contributed by atoms with van der Waals surface area (Å²) >= 11 is 11.8. The zero-order valence-corrected chi connectivity index (χ0v) is 11.9. The number of sulfonamides is 1. The van der Waals surface area contributed by atoms with Gasteiger partial charge in [0.1, 0.15) is 4.90 Å². The van der Waals surface area contributed by atoms with Crippen LogP contribution in [0.5, 0.6) is 0 Å². The van der Waals surface area contributed by atoms with Crippen LogP contribution < -0.4 is 10.5 Å². The zero-order valence-electron chi connectivity index (χ0n) is 9.60. The molecule has 0 radical (unpaired) electrons. The Kier molecular flexibility index (Phi) is 3.89. The van der Waals surface area contributed by atoms with E-state index in [1.165, 1.54) is 12.1 Å². The summed E-state index contributed by atoms with van der Waals surface area (Å²) in [5.41, 5.74) is 6.45. The van der Waals surface area contributed by atoms with Gasteiger partial charge in [0.25, 0.3) is 10.0 Å². The summed E-state index contributed by atoms with van der Waals surface area (Å²) in [6.07, 6.45) is 0. The van der Waals surface area contributed by atoms with Crippen LogP contribution in [0.4, 0.5) is 11.4 Å². The molecule has 0 aliphatic heterocycles. The Labute approximate surface area is 121 Å². The van der Waals surface area contributed by atoms with E-state index in [1.54, 1.807) is 30.3 Å². The van der Waals surface area contributed by atoms with E-state index < -0.39 is 10.0 Å². The standard InChI is InChI=1S/C12H10Cl2N2O2S/c13-10-2-1-3-11(14)12(10)19(17,18)16-9-6-4-8(15)5-7-9/h1-7,16H,15H2. The normalized spacial score (nSPS) is 11.3. The summed E-state index contributed by atoms with van der Waals surface area (Å²) in [4.78, 5) is -0.143. The number of nitrogen functional groups attached to an aromatic ring is 1. The van der Waals surface area contributed by atoms with Crippen molar-refractivity contribution < 1.29 is 8.42 Å². The van der Waals surface area contributed by atoms with Crippen molar-refractivity contribution in [2.75, 3.05) is 10.5 Å². The molecule has 4 nitrogen and oxygen atoms in total. The zero-order chi connectivity index (χ0) is 14.0. The Balaban J connectivity index is 2.41. The molecule has 0 heterocycles. The van der Waals surface area contributed by atoms with Gasteiger partial charge in [-0.2, -0.15) is 0 Å². The van der Waals surface area contributed by atoms with E-state index in [0.717, 1.165) is 0 Å². The summed E-state index contributed by atoms with van der Waals surface area (Å²) in [5, 5.41) is 0.130. The maximum absolute atomic E-state index is 12.2. The first-order chi connectivity index (χ1) is 8.90. The van der Waals surface area contributed by atoms with Crippen LogP contribution in [0.25, 0.3) is 0 Å². The molecule has 0 atom stereocenters. The van der Waals surface area contributed by atoms with Crippen LogP contribution in [-0.4, -0.2) is 8.42 Å². The van der Waals surface area contributed by atoms with Gasteiger partial charge in [0.15, 0.2) is 0 Å². The number of benzene rings is 2. The van der Waals surface area contributed by atoms with E-state index in [4.69, 9.17) is 28.9 Å². The third-order valence-electron chi connectivity index (χ3n) is 2.35. The molecule has 2 aromatic carbocycles. The summed E-state index contributed by atoms with van der Waals surface area (Å²) in [6.45, 7) is 0. The van der Waals surface area contributed by atoms with Crippen molar-refractivity contribution in [2.45, 2.75) is 4.90 Å². The predicted molar refractivity (Wildman–Crippen MR) is 78.1 cm³/mol. The average Bonchev–Trinajstić information content (AvgIpc) is 2.31. The van der Waals surface area contributed by atoms with Gasteiger partial charge in [-0.25, -0.2) is 8.42 Å². The van der Waals surface area contributed by atoms with Crippen LogP contribution in [0, 0.1) is 0 Å². The summed E-state index contributed by atoms with van der Waals surface area (Å²) in [5.74, 6) is 0. The molecule has 3 N–H and O–H groups in total. The number of hydrogen-bond donors (Lipinski definition) is 2. The number of nitrogens with two attached hydrogens (primary N) is 1. The van der Waals surface area contributed by atoms with E-state index in [-0.39, 0.29) is 14.9 Å². The van der Waals surface area contributed by atoms with Gasteiger partial charge in [-0.05, 0) is 36.4 Å². The second-order valence-corrected chi connectivity index (χ2v) is 6.21. The molecule has 2 rings (SSSR count). The quantitative estimate of drug-likeness (QED) is 0.853. The molecule has 19 heavy (non-hydrogen) atoms. The molecule has 0 fully saturated rings. The maximum atomic E-state index is 12.2. The van der Waals surface area contributed by atoms with Gasteiger partial charge in [0.2, 0.25) is 0 Å². The largest absolute Gasteiger partial charge is 0.399 e. The first-order valence-electron chi connectivity index (χ1n) is 5.22. The fourth-order valence-electron chi connectivity index (χ4n) is 1.50. The molecule has 2 aromatic rings. The van der Waals surface area contributed by atoms with Gasteiger partial charge >= 0.3 is 0 Å². The fourth-order valence-corrected chi connectivity index (χ4v) is 3.70. The van der Waals surface area contributed by atoms with E-state index in [2.05, 4.69) is 4.72 Å². The van der Waals surface area contributed by atoms with Gasteiger partial charge in [-0.3, -0.25) is 4.72 Å². The molecule has 0 saturated heterocycles. The Morgan fingerprint density at radius 2 is 1.47 bits per heavy atom. The Bertz CT molecular complexity index is 680. The maximum Gasteiger partial charge on any atom is 0.264 e. The van der Waals surface area contributed by atoms with Crippen LogP contribution in [-0.2, 0) is 10.0 Å². The highest BCUT2D eigenvalue weighted by atomic mass is 35.5. The topological polar surface area (TPSA) is 72.2 Å². The number of anilines is 2. The lowest BCUT2D eigenvalue weighted by Gasteiger charge is -2.11. The molecule has 0 unspecified atom stereocenters. The van der Waals surface area contributed by atoms with Crippen LogP contribution in [0.3, 0.4) is 0 Å². The van der Waals surface area contributed by atoms with Crippen LogP contribution >= 0.6 is 23.2 Å². The Morgan fingerprint density at radius 3 is 2.00 bits per heavy atom. The lowest BCUT2D eigenvalue weighted by molar-refractivity contribution is 0.601. The SMILES string of the molecule is Nc1ccc(NS(=O)(=O)c2c(Cl)cccc2Cl)cc1. The first-order valence-corrected chi connectivity index (χ1v) is 7.46. The van der Waals surface area contributed by atoms with Crippen molar-refractivity contribution in [3.05, 3.63) is 52.5 Å². The van der Waals surface area contributed by atoms with Gasteiger partial charge in [-0.1, -0.05) is 29.3 Å². The van der Waals surface area contributed by atoms with Crippen LogP contribution in [0.15, 0.2) is 47.4 Å². The number of halogens is 2. The molecule has 0 aliphatic carbocycles. The highest BCUT2D eigenvalue weighted by Crippen LogP contribution is 2.30. The molecule has 0 amide bonds. The monoisotopic (exact) mass is 316 g/mol. The van der Waals surface area contributed by atoms with Crippen molar-refractivity contribution in [3.8, 4) is 0 Å². The highest BCUT2D eigenvalue weighted by Gasteiger charge is 2.21. The van der Waals surface area contributed by atoms with E-state index in [0.29, 0.717) is 11.4 Å². The number of hydrogen-bond acceptors (Lipinski definition) is 3. The van der Waals surface area contributed by atoms with Crippen molar-refractivity contribution in [1.82, 2.24) is 0 Å². The van der Waals surface area contributed by atoms with Gasteiger partial charge in [0.05, 0.1) is 10.0 Å². The van der Waals surface area contributed by atoms with E-state index in [1.807, 2.05) is 0 Å². The van der Waals surface area contributed by atoms with Crippen molar-refractivity contribution in [3.63, 3.8) is 0 Å². The Morgan fingerprint density at radius 1 is 0.947 bits per heavy atom. The molecular formula is C12H10Cl2N2O2S. The van der Waals surface area contributed by atoms with Crippen LogP contribution in [0.2, 0.25) is 10.0 Å². The predicted octanol–water partition coefficient (Wildman–Crippen LogP) is 3.38. The van der Waals surface area contributed by atoms with E-state index in [9.17, 15) is 8.42 Å². The lowest BCUT2D eigenvalue weighted by atomic mass is 10.3. The van der Waals surface area contributed by atoms with E-state index >= 15 is 0 Å². The molecule has 0 aliphatic rings. The highest BCUT2D eigenvalue weighted by molar-refractivity contribution is 7.93.